The first-order valence-corrected chi connectivity index (χ1v) is 20.9. The second kappa shape index (κ2) is 14.4. The molecule has 0 N–H and O–H groups in total. The van der Waals surface area contributed by atoms with Crippen LogP contribution in [0.3, 0.4) is 0 Å². The van der Waals surface area contributed by atoms with E-state index in [4.69, 9.17) is 0 Å². The van der Waals surface area contributed by atoms with Gasteiger partial charge < -0.3 is 4.90 Å². The summed E-state index contributed by atoms with van der Waals surface area (Å²) in [5.41, 5.74) is 16.7. The van der Waals surface area contributed by atoms with E-state index in [1.165, 1.54) is 152 Å². The monoisotopic (exact) mass is 683 g/mol. The first kappa shape index (κ1) is 33.7. The van der Waals surface area contributed by atoms with Crippen molar-refractivity contribution in [3.8, 4) is 22.3 Å². The summed E-state index contributed by atoms with van der Waals surface area (Å²) in [5.74, 6) is 2.11. The number of hydrogen-bond donors (Lipinski definition) is 0. The standard InChI is InChI=1S/C51H57N/c1-51(2)49-24-13-12-23-47(49)48-30-29-46(35-50(48)51)52(44-27-25-39(26-28-44)36-15-6-3-7-16-36)45-22-14-21-40(34-45)43-32-41(37-17-8-4-9-18-37)31-42(33-43)38-19-10-5-11-20-38/h12-14,21-38H,3-11,15-20H2,1-2H3. The van der Waals surface area contributed by atoms with E-state index in [2.05, 4.69) is 128 Å². The van der Waals surface area contributed by atoms with Crippen molar-refractivity contribution in [2.75, 3.05) is 4.90 Å². The molecule has 9 rings (SSSR count). The van der Waals surface area contributed by atoms with Crippen LogP contribution in [0, 0.1) is 0 Å². The molecule has 266 valence electrons. The summed E-state index contributed by atoms with van der Waals surface area (Å²) in [5, 5.41) is 0. The highest BCUT2D eigenvalue weighted by molar-refractivity contribution is 5.86. The Hall–Kier alpha value is -4.10. The van der Waals surface area contributed by atoms with Gasteiger partial charge >= 0.3 is 0 Å². The molecule has 0 heterocycles. The maximum absolute atomic E-state index is 2.63. The quantitative estimate of drug-likeness (QED) is 0.165. The zero-order chi connectivity index (χ0) is 35.1. The van der Waals surface area contributed by atoms with Crippen LogP contribution in [0.15, 0.2) is 109 Å². The Labute approximate surface area is 313 Å². The van der Waals surface area contributed by atoms with Gasteiger partial charge in [0, 0.05) is 22.5 Å². The number of fused-ring (bicyclic) bond motifs is 3. The van der Waals surface area contributed by atoms with Crippen molar-refractivity contribution in [1.29, 1.82) is 0 Å². The molecule has 0 aliphatic heterocycles. The van der Waals surface area contributed by atoms with Crippen molar-refractivity contribution in [3.63, 3.8) is 0 Å². The van der Waals surface area contributed by atoms with Gasteiger partial charge in [-0.3, -0.25) is 0 Å². The average Bonchev–Trinajstić information content (AvgIpc) is 3.44. The molecule has 0 bridgehead atoms. The highest BCUT2D eigenvalue weighted by atomic mass is 15.1. The molecule has 4 aliphatic rings. The first-order valence-electron chi connectivity index (χ1n) is 20.9. The predicted octanol–water partition coefficient (Wildman–Crippen LogP) is 15.3. The van der Waals surface area contributed by atoms with Gasteiger partial charge in [-0.25, -0.2) is 0 Å². The lowest BCUT2D eigenvalue weighted by Crippen LogP contribution is -2.16. The highest BCUT2D eigenvalue weighted by Crippen LogP contribution is 2.51. The van der Waals surface area contributed by atoms with Gasteiger partial charge in [0.15, 0.2) is 0 Å². The Balaban J connectivity index is 1.14. The van der Waals surface area contributed by atoms with Gasteiger partial charge in [-0.2, -0.15) is 0 Å². The van der Waals surface area contributed by atoms with Crippen LogP contribution < -0.4 is 4.90 Å². The Morgan fingerprint density at radius 2 is 0.942 bits per heavy atom. The van der Waals surface area contributed by atoms with Crippen LogP contribution in [0.5, 0.6) is 0 Å². The molecule has 4 aliphatic carbocycles. The van der Waals surface area contributed by atoms with Crippen LogP contribution in [0.2, 0.25) is 0 Å². The van der Waals surface area contributed by atoms with Crippen LogP contribution in [0.1, 0.15) is 156 Å². The number of hydrogen-bond acceptors (Lipinski definition) is 1. The van der Waals surface area contributed by atoms with Gasteiger partial charge in [0.05, 0.1) is 0 Å². The maximum atomic E-state index is 2.63. The summed E-state index contributed by atoms with van der Waals surface area (Å²) in [7, 11) is 0. The van der Waals surface area contributed by atoms with E-state index in [-0.39, 0.29) is 5.41 Å². The Morgan fingerprint density at radius 3 is 1.58 bits per heavy atom. The van der Waals surface area contributed by atoms with Gasteiger partial charge in [-0.15, -0.1) is 0 Å². The van der Waals surface area contributed by atoms with Crippen molar-refractivity contribution >= 4 is 17.1 Å². The van der Waals surface area contributed by atoms with E-state index in [1.807, 2.05) is 0 Å². The molecule has 0 amide bonds. The largest absolute Gasteiger partial charge is 0.310 e. The molecule has 52 heavy (non-hydrogen) atoms. The van der Waals surface area contributed by atoms with Crippen molar-refractivity contribution in [3.05, 3.63) is 137 Å². The van der Waals surface area contributed by atoms with Gasteiger partial charge in [0.25, 0.3) is 0 Å². The molecule has 3 fully saturated rings. The minimum Gasteiger partial charge on any atom is -0.310 e. The van der Waals surface area contributed by atoms with Crippen LogP contribution >= 0.6 is 0 Å². The fourth-order valence-corrected chi connectivity index (χ4v) is 10.6. The minimum absolute atomic E-state index is 0.0463. The van der Waals surface area contributed by atoms with Crippen LogP contribution in [0.25, 0.3) is 22.3 Å². The lowest BCUT2D eigenvalue weighted by atomic mass is 9.78. The smallest absolute Gasteiger partial charge is 0.0467 e. The second-order valence-electron chi connectivity index (χ2n) is 17.3. The molecule has 0 spiro atoms. The third kappa shape index (κ3) is 6.44. The van der Waals surface area contributed by atoms with E-state index >= 15 is 0 Å². The van der Waals surface area contributed by atoms with Crippen molar-refractivity contribution < 1.29 is 0 Å². The van der Waals surface area contributed by atoms with Gasteiger partial charge in [-0.05, 0) is 143 Å². The molecule has 1 heteroatoms. The van der Waals surface area contributed by atoms with E-state index < -0.39 is 0 Å². The number of benzene rings is 5. The number of anilines is 3. The summed E-state index contributed by atoms with van der Waals surface area (Å²) >= 11 is 0. The molecule has 0 unspecified atom stereocenters. The lowest BCUT2D eigenvalue weighted by Gasteiger charge is -2.29. The summed E-state index contributed by atoms with van der Waals surface area (Å²) in [6.07, 6.45) is 20.5. The number of rotatable bonds is 7. The molecule has 0 aromatic heterocycles. The van der Waals surface area contributed by atoms with Crippen LogP contribution in [0.4, 0.5) is 17.1 Å². The maximum Gasteiger partial charge on any atom is 0.0467 e. The van der Waals surface area contributed by atoms with Crippen molar-refractivity contribution in [1.82, 2.24) is 0 Å². The summed E-state index contributed by atoms with van der Waals surface area (Å²) in [6, 6.07) is 43.1. The Bertz CT molecular complexity index is 1980. The van der Waals surface area contributed by atoms with E-state index in [0.717, 1.165) is 0 Å². The Kier molecular flexibility index (Phi) is 9.32. The molecule has 1 nitrogen and oxygen atoms in total. The summed E-state index contributed by atoms with van der Waals surface area (Å²) < 4.78 is 0. The molecule has 0 atom stereocenters. The minimum atomic E-state index is -0.0463. The molecular weight excluding hydrogens is 627 g/mol. The highest BCUT2D eigenvalue weighted by Gasteiger charge is 2.36. The van der Waals surface area contributed by atoms with Crippen molar-refractivity contribution in [2.45, 2.75) is 133 Å². The summed E-state index contributed by atoms with van der Waals surface area (Å²) in [4.78, 5) is 2.53. The van der Waals surface area contributed by atoms with E-state index in [0.29, 0.717) is 17.8 Å². The van der Waals surface area contributed by atoms with Gasteiger partial charge in [0.2, 0.25) is 0 Å². The fourth-order valence-electron chi connectivity index (χ4n) is 10.6. The topological polar surface area (TPSA) is 3.24 Å². The zero-order valence-corrected chi connectivity index (χ0v) is 31.7. The molecule has 3 saturated carbocycles. The molecule has 5 aromatic rings. The number of nitrogens with zero attached hydrogens (tertiary/aromatic N) is 1. The molecule has 5 aromatic carbocycles. The SMILES string of the molecule is CC1(C)c2ccccc2-c2ccc(N(c3ccc(C4CCCCC4)cc3)c3cccc(-c4cc(C5CCCCC5)cc(C5CCCCC5)c4)c3)cc21. The normalized spacial score (nSPS) is 19.3. The van der Waals surface area contributed by atoms with E-state index in [9.17, 15) is 0 Å². The predicted molar refractivity (Wildman–Crippen MR) is 222 cm³/mol. The second-order valence-corrected chi connectivity index (χ2v) is 17.3. The average molecular weight is 684 g/mol. The van der Waals surface area contributed by atoms with Crippen LogP contribution in [-0.4, -0.2) is 0 Å². The summed E-state index contributed by atoms with van der Waals surface area (Å²) in [6.45, 7) is 4.79. The molecular formula is C51H57N. The van der Waals surface area contributed by atoms with Crippen LogP contribution in [-0.2, 0) is 5.41 Å². The zero-order valence-electron chi connectivity index (χ0n) is 31.7. The molecule has 0 radical (unpaired) electrons. The Morgan fingerprint density at radius 1 is 0.404 bits per heavy atom. The fraction of sp³-hybridized carbons (Fsp3) is 0.412. The molecule has 0 saturated heterocycles. The third-order valence-electron chi connectivity index (χ3n) is 13.6. The third-order valence-corrected chi connectivity index (χ3v) is 13.6. The van der Waals surface area contributed by atoms with E-state index in [1.54, 1.807) is 11.1 Å². The first-order chi connectivity index (χ1) is 25.5. The van der Waals surface area contributed by atoms with Gasteiger partial charge in [0.1, 0.15) is 0 Å². The lowest BCUT2D eigenvalue weighted by molar-refractivity contribution is 0.435. The van der Waals surface area contributed by atoms with Gasteiger partial charge in [-0.1, -0.05) is 144 Å². The van der Waals surface area contributed by atoms with Crippen molar-refractivity contribution in [2.24, 2.45) is 0 Å².